The van der Waals surface area contributed by atoms with Crippen molar-refractivity contribution in [2.45, 2.75) is 13.0 Å². The van der Waals surface area contributed by atoms with Crippen LogP contribution in [0.3, 0.4) is 0 Å². The lowest BCUT2D eigenvalue weighted by Gasteiger charge is -2.04. The minimum absolute atomic E-state index is 0.177. The van der Waals surface area contributed by atoms with Crippen LogP contribution in [0.25, 0.3) is 11.5 Å². The first-order valence-corrected chi connectivity index (χ1v) is 5.89. The Morgan fingerprint density at radius 2 is 2.00 bits per heavy atom. The summed E-state index contributed by atoms with van der Waals surface area (Å²) >= 11 is 3.40. The van der Waals surface area contributed by atoms with Crippen LogP contribution in [-0.4, -0.2) is 12.0 Å². The van der Waals surface area contributed by atoms with Crippen LogP contribution in [0.5, 0.6) is 0 Å². The van der Waals surface area contributed by atoms with E-state index < -0.39 is 0 Å². The topological polar surface area (TPSA) is 38.1 Å². The fraction of sp³-hybridized carbons (Fsp3) is 0.250. The first-order chi connectivity index (χ1) is 7.70. The predicted octanol–water partition coefficient (Wildman–Crippen LogP) is 3.38. The molecule has 0 bridgehead atoms. The van der Waals surface area contributed by atoms with Gasteiger partial charge in [0.25, 0.3) is 0 Å². The summed E-state index contributed by atoms with van der Waals surface area (Å²) in [4.78, 5) is 4.26. The monoisotopic (exact) mass is 280 g/mol. The Kier molecular flexibility index (Phi) is 3.41. The second-order valence-corrected chi connectivity index (χ2v) is 4.50. The van der Waals surface area contributed by atoms with Crippen LogP contribution in [0, 0.1) is 0 Å². The molecule has 2 aromatic rings. The van der Waals surface area contributed by atoms with Crippen molar-refractivity contribution in [3.63, 3.8) is 0 Å². The molecule has 0 aliphatic rings. The van der Waals surface area contributed by atoms with Gasteiger partial charge in [-0.05, 0) is 38.2 Å². The van der Waals surface area contributed by atoms with Crippen molar-refractivity contribution in [1.82, 2.24) is 10.3 Å². The molecule has 0 amide bonds. The Balaban J connectivity index is 2.28. The Morgan fingerprint density at radius 1 is 1.31 bits per heavy atom. The lowest BCUT2D eigenvalue weighted by Crippen LogP contribution is -2.11. The smallest absolute Gasteiger partial charge is 0.226 e. The maximum Gasteiger partial charge on any atom is 0.226 e. The molecule has 0 saturated carbocycles. The number of aromatic nitrogens is 1. The number of hydrogen-bond acceptors (Lipinski definition) is 3. The van der Waals surface area contributed by atoms with Gasteiger partial charge in [0.1, 0.15) is 5.76 Å². The van der Waals surface area contributed by atoms with Gasteiger partial charge < -0.3 is 9.73 Å². The van der Waals surface area contributed by atoms with Crippen LogP contribution in [-0.2, 0) is 0 Å². The molecule has 0 fully saturated rings. The standard InChI is InChI=1S/C12H13BrN2O/c1-8(14-2)11-7-15-12(16-11)9-3-5-10(13)6-4-9/h3-8,14H,1-2H3. The van der Waals surface area contributed by atoms with E-state index in [1.807, 2.05) is 38.2 Å². The minimum atomic E-state index is 0.177. The maximum absolute atomic E-state index is 5.67. The van der Waals surface area contributed by atoms with E-state index in [-0.39, 0.29) is 6.04 Å². The molecule has 0 spiro atoms. The van der Waals surface area contributed by atoms with Crippen LogP contribution in [0.2, 0.25) is 0 Å². The third-order valence-electron chi connectivity index (χ3n) is 2.47. The number of nitrogens with zero attached hydrogens (tertiary/aromatic N) is 1. The van der Waals surface area contributed by atoms with Crippen molar-refractivity contribution in [2.24, 2.45) is 0 Å². The molecule has 0 radical (unpaired) electrons. The van der Waals surface area contributed by atoms with Crippen LogP contribution >= 0.6 is 15.9 Å². The zero-order valence-electron chi connectivity index (χ0n) is 9.20. The van der Waals surface area contributed by atoms with Gasteiger partial charge in [-0.15, -0.1) is 0 Å². The molecule has 3 nitrogen and oxygen atoms in total. The van der Waals surface area contributed by atoms with Crippen LogP contribution in [0.4, 0.5) is 0 Å². The van der Waals surface area contributed by atoms with E-state index in [9.17, 15) is 0 Å². The molecule has 16 heavy (non-hydrogen) atoms. The average molecular weight is 281 g/mol. The van der Waals surface area contributed by atoms with Crippen molar-refractivity contribution in [2.75, 3.05) is 7.05 Å². The minimum Gasteiger partial charge on any atom is -0.440 e. The van der Waals surface area contributed by atoms with Gasteiger partial charge in [0.05, 0.1) is 12.2 Å². The van der Waals surface area contributed by atoms with Gasteiger partial charge in [-0.3, -0.25) is 0 Å². The largest absolute Gasteiger partial charge is 0.440 e. The molecule has 1 atom stereocenters. The summed E-state index contributed by atoms with van der Waals surface area (Å²) in [5.41, 5.74) is 0.984. The number of halogens is 1. The van der Waals surface area contributed by atoms with Crippen molar-refractivity contribution in [3.05, 3.63) is 40.7 Å². The molecule has 4 heteroatoms. The highest BCUT2D eigenvalue weighted by Crippen LogP contribution is 2.23. The number of nitrogens with one attached hydrogen (secondary N) is 1. The van der Waals surface area contributed by atoms with Crippen molar-refractivity contribution in [1.29, 1.82) is 0 Å². The molecule has 0 saturated heterocycles. The van der Waals surface area contributed by atoms with E-state index >= 15 is 0 Å². The third-order valence-corrected chi connectivity index (χ3v) is 3.00. The van der Waals surface area contributed by atoms with Gasteiger partial charge in [-0.2, -0.15) is 0 Å². The van der Waals surface area contributed by atoms with Gasteiger partial charge in [-0.25, -0.2) is 4.98 Å². The zero-order valence-corrected chi connectivity index (χ0v) is 10.8. The van der Waals surface area contributed by atoms with Crippen molar-refractivity contribution >= 4 is 15.9 Å². The Morgan fingerprint density at radius 3 is 2.62 bits per heavy atom. The molecule has 1 unspecified atom stereocenters. The summed E-state index contributed by atoms with van der Waals surface area (Å²) in [5.74, 6) is 1.50. The average Bonchev–Trinajstić information content (AvgIpc) is 2.78. The van der Waals surface area contributed by atoms with E-state index in [1.54, 1.807) is 6.20 Å². The fourth-order valence-corrected chi connectivity index (χ4v) is 1.62. The normalized spacial score (nSPS) is 12.7. The third kappa shape index (κ3) is 2.33. The highest BCUT2D eigenvalue weighted by Gasteiger charge is 2.10. The molecule has 84 valence electrons. The molecule has 1 aromatic carbocycles. The van der Waals surface area contributed by atoms with Crippen LogP contribution in [0.1, 0.15) is 18.7 Å². The molecule has 1 N–H and O–H groups in total. The van der Waals surface area contributed by atoms with E-state index in [0.29, 0.717) is 5.89 Å². The molecule has 1 aromatic heterocycles. The molecule has 0 aliphatic heterocycles. The molecule has 1 heterocycles. The Labute approximate surface area is 103 Å². The van der Waals surface area contributed by atoms with Crippen molar-refractivity contribution in [3.8, 4) is 11.5 Å². The van der Waals surface area contributed by atoms with Gasteiger partial charge in [0.2, 0.25) is 5.89 Å². The van der Waals surface area contributed by atoms with Gasteiger partial charge in [0, 0.05) is 10.0 Å². The Hall–Kier alpha value is -1.13. The van der Waals surface area contributed by atoms with Gasteiger partial charge >= 0.3 is 0 Å². The van der Waals surface area contributed by atoms with Gasteiger partial charge in [0.15, 0.2) is 0 Å². The van der Waals surface area contributed by atoms with Crippen LogP contribution in [0.15, 0.2) is 39.4 Å². The summed E-state index contributed by atoms with van der Waals surface area (Å²) in [6.07, 6.45) is 1.76. The summed E-state index contributed by atoms with van der Waals surface area (Å²) < 4.78 is 6.72. The summed E-state index contributed by atoms with van der Waals surface area (Å²) in [7, 11) is 1.90. The first kappa shape index (κ1) is 11.4. The molecular weight excluding hydrogens is 268 g/mol. The van der Waals surface area contributed by atoms with E-state index in [2.05, 4.69) is 26.2 Å². The SMILES string of the molecule is CNC(C)c1cnc(-c2ccc(Br)cc2)o1. The lowest BCUT2D eigenvalue weighted by molar-refractivity contribution is 0.456. The van der Waals surface area contributed by atoms with Crippen molar-refractivity contribution < 1.29 is 4.42 Å². The lowest BCUT2D eigenvalue weighted by atomic mass is 10.2. The Bertz CT molecular complexity index is 464. The highest BCUT2D eigenvalue weighted by molar-refractivity contribution is 9.10. The fourth-order valence-electron chi connectivity index (χ4n) is 1.35. The van der Waals surface area contributed by atoms with Crippen LogP contribution < -0.4 is 5.32 Å². The molecular formula is C12H13BrN2O. The second-order valence-electron chi connectivity index (χ2n) is 3.59. The van der Waals surface area contributed by atoms with Gasteiger partial charge in [-0.1, -0.05) is 15.9 Å². The number of hydrogen-bond donors (Lipinski definition) is 1. The first-order valence-electron chi connectivity index (χ1n) is 5.09. The number of benzene rings is 1. The molecule has 0 aliphatic carbocycles. The summed E-state index contributed by atoms with van der Waals surface area (Å²) in [6.45, 7) is 2.03. The zero-order chi connectivity index (χ0) is 11.5. The number of rotatable bonds is 3. The highest BCUT2D eigenvalue weighted by atomic mass is 79.9. The number of oxazole rings is 1. The predicted molar refractivity (Wildman–Crippen MR) is 67.1 cm³/mol. The quantitative estimate of drug-likeness (QED) is 0.937. The summed E-state index contributed by atoms with van der Waals surface area (Å²) in [5, 5.41) is 3.11. The second kappa shape index (κ2) is 4.80. The van der Waals surface area contributed by atoms with E-state index in [0.717, 1.165) is 15.8 Å². The maximum atomic E-state index is 5.67. The van der Waals surface area contributed by atoms with E-state index in [4.69, 9.17) is 4.42 Å². The summed E-state index contributed by atoms with van der Waals surface area (Å²) in [6, 6.07) is 8.08. The molecule has 2 rings (SSSR count). The van der Waals surface area contributed by atoms with E-state index in [1.165, 1.54) is 0 Å².